The molecule has 4 heteroatoms. The molecule has 0 spiro atoms. The van der Waals surface area contributed by atoms with Crippen molar-refractivity contribution >= 4 is 5.69 Å². The number of nitrogens with one attached hydrogen (secondary N) is 2. The third kappa shape index (κ3) is 3.68. The molecular formula is C13H19FN2O. The average molecular weight is 238 g/mol. The monoisotopic (exact) mass is 238 g/mol. The molecule has 1 fully saturated rings. The fourth-order valence-corrected chi connectivity index (χ4v) is 2.10. The van der Waals surface area contributed by atoms with E-state index in [-0.39, 0.29) is 11.9 Å². The molecule has 0 amide bonds. The Balaban J connectivity index is 1.84. The van der Waals surface area contributed by atoms with Crippen molar-refractivity contribution < 1.29 is 9.13 Å². The first-order chi connectivity index (χ1) is 8.25. The van der Waals surface area contributed by atoms with Crippen LogP contribution in [0.4, 0.5) is 10.1 Å². The van der Waals surface area contributed by atoms with Crippen LogP contribution >= 0.6 is 0 Å². The molecule has 3 nitrogen and oxygen atoms in total. The Hall–Kier alpha value is -1.13. The molecular weight excluding hydrogens is 219 g/mol. The van der Waals surface area contributed by atoms with Crippen LogP contribution in [-0.4, -0.2) is 31.8 Å². The SMILES string of the molecule is CC(CC1COCCN1)Nc1ccccc1F. The normalized spacial score (nSPS) is 22.1. The second-order valence-electron chi connectivity index (χ2n) is 4.49. The van der Waals surface area contributed by atoms with E-state index in [2.05, 4.69) is 17.6 Å². The van der Waals surface area contributed by atoms with Crippen molar-refractivity contribution in [2.45, 2.75) is 25.4 Å². The fourth-order valence-electron chi connectivity index (χ4n) is 2.10. The predicted octanol–water partition coefficient (Wildman–Crippen LogP) is 2.00. The first-order valence-electron chi connectivity index (χ1n) is 6.08. The second kappa shape index (κ2) is 5.98. The van der Waals surface area contributed by atoms with E-state index in [0.717, 1.165) is 26.2 Å². The lowest BCUT2D eigenvalue weighted by Gasteiger charge is -2.27. The molecule has 2 N–H and O–H groups in total. The van der Waals surface area contributed by atoms with E-state index < -0.39 is 0 Å². The van der Waals surface area contributed by atoms with Gasteiger partial charge in [0.15, 0.2) is 0 Å². The van der Waals surface area contributed by atoms with Gasteiger partial charge in [0.05, 0.1) is 18.9 Å². The van der Waals surface area contributed by atoms with Gasteiger partial charge in [-0.05, 0) is 25.5 Å². The van der Waals surface area contributed by atoms with Crippen molar-refractivity contribution in [1.29, 1.82) is 0 Å². The van der Waals surface area contributed by atoms with Gasteiger partial charge in [-0.1, -0.05) is 12.1 Å². The number of ether oxygens (including phenoxy) is 1. The van der Waals surface area contributed by atoms with Crippen LogP contribution in [0.3, 0.4) is 0 Å². The molecule has 1 saturated heterocycles. The van der Waals surface area contributed by atoms with E-state index in [0.29, 0.717) is 11.7 Å². The van der Waals surface area contributed by atoms with E-state index in [1.54, 1.807) is 12.1 Å². The number of halogens is 1. The van der Waals surface area contributed by atoms with Crippen LogP contribution in [0.25, 0.3) is 0 Å². The summed E-state index contributed by atoms with van der Waals surface area (Å²) in [6.45, 7) is 4.48. The van der Waals surface area contributed by atoms with Gasteiger partial charge in [-0.2, -0.15) is 0 Å². The van der Waals surface area contributed by atoms with Gasteiger partial charge in [0.1, 0.15) is 5.82 Å². The molecule has 1 heterocycles. The molecule has 0 radical (unpaired) electrons. The van der Waals surface area contributed by atoms with Crippen LogP contribution in [0.5, 0.6) is 0 Å². The van der Waals surface area contributed by atoms with Crippen molar-refractivity contribution in [3.8, 4) is 0 Å². The van der Waals surface area contributed by atoms with Gasteiger partial charge in [-0.25, -0.2) is 4.39 Å². The summed E-state index contributed by atoms with van der Waals surface area (Å²) in [4.78, 5) is 0. The number of para-hydroxylation sites is 1. The minimum Gasteiger partial charge on any atom is -0.380 e. The van der Waals surface area contributed by atoms with E-state index in [1.165, 1.54) is 6.07 Å². The minimum absolute atomic E-state index is 0.202. The highest BCUT2D eigenvalue weighted by atomic mass is 19.1. The predicted molar refractivity (Wildman–Crippen MR) is 66.7 cm³/mol. The van der Waals surface area contributed by atoms with Crippen molar-refractivity contribution in [3.05, 3.63) is 30.1 Å². The topological polar surface area (TPSA) is 33.3 Å². The lowest BCUT2D eigenvalue weighted by molar-refractivity contribution is 0.0731. The average Bonchev–Trinajstić information content (AvgIpc) is 2.33. The van der Waals surface area contributed by atoms with E-state index in [9.17, 15) is 4.39 Å². The van der Waals surface area contributed by atoms with E-state index >= 15 is 0 Å². The largest absolute Gasteiger partial charge is 0.380 e. The van der Waals surface area contributed by atoms with Gasteiger partial charge in [-0.15, -0.1) is 0 Å². The van der Waals surface area contributed by atoms with Crippen LogP contribution in [0.2, 0.25) is 0 Å². The number of anilines is 1. The lowest BCUT2D eigenvalue weighted by Crippen LogP contribution is -2.43. The molecule has 0 bridgehead atoms. The lowest BCUT2D eigenvalue weighted by atomic mass is 10.1. The third-order valence-electron chi connectivity index (χ3n) is 2.91. The van der Waals surface area contributed by atoms with Gasteiger partial charge in [0, 0.05) is 18.6 Å². The van der Waals surface area contributed by atoms with E-state index in [4.69, 9.17) is 4.74 Å². The van der Waals surface area contributed by atoms with Crippen LogP contribution in [0, 0.1) is 5.82 Å². The first kappa shape index (κ1) is 12.3. The molecule has 1 aromatic rings. The summed E-state index contributed by atoms with van der Waals surface area (Å²) >= 11 is 0. The molecule has 2 unspecified atom stereocenters. The minimum atomic E-state index is -0.202. The van der Waals surface area contributed by atoms with Crippen LogP contribution < -0.4 is 10.6 Å². The van der Waals surface area contributed by atoms with Crippen molar-refractivity contribution in [2.24, 2.45) is 0 Å². The number of hydrogen-bond acceptors (Lipinski definition) is 3. The molecule has 1 aromatic carbocycles. The molecule has 17 heavy (non-hydrogen) atoms. The Bertz CT molecular complexity index is 353. The van der Waals surface area contributed by atoms with Gasteiger partial charge in [0.2, 0.25) is 0 Å². The maximum Gasteiger partial charge on any atom is 0.146 e. The zero-order valence-corrected chi connectivity index (χ0v) is 10.1. The zero-order chi connectivity index (χ0) is 12.1. The standard InChI is InChI=1S/C13H19FN2O/c1-10(8-11-9-17-7-6-15-11)16-13-5-3-2-4-12(13)14/h2-5,10-11,15-16H,6-9H2,1H3. The first-order valence-corrected chi connectivity index (χ1v) is 6.08. The van der Waals surface area contributed by atoms with Gasteiger partial charge in [-0.3, -0.25) is 0 Å². The summed E-state index contributed by atoms with van der Waals surface area (Å²) in [6, 6.07) is 7.33. The molecule has 2 rings (SSSR count). The highest BCUT2D eigenvalue weighted by Gasteiger charge is 2.16. The van der Waals surface area contributed by atoms with Crippen LogP contribution in [-0.2, 0) is 4.74 Å². The second-order valence-corrected chi connectivity index (χ2v) is 4.49. The maximum absolute atomic E-state index is 13.4. The summed E-state index contributed by atoms with van der Waals surface area (Å²) in [6.07, 6.45) is 0.925. The Morgan fingerprint density at radius 3 is 3.06 bits per heavy atom. The van der Waals surface area contributed by atoms with Crippen molar-refractivity contribution in [1.82, 2.24) is 5.32 Å². The van der Waals surface area contributed by atoms with Crippen molar-refractivity contribution in [2.75, 3.05) is 25.1 Å². The summed E-state index contributed by atoms with van der Waals surface area (Å²) in [5.41, 5.74) is 0.566. The summed E-state index contributed by atoms with van der Waals surface area (Å²) in [7, 11) is 0. The van der Waals surface area contributed by atoms with Gasteiger partial charge >= 0.3 is 0 Å². The molecule has 1 aliphatic heterocycles. The Morgan fingerprint density at radius 2 is 2.35 bits per heavy atom. The van der Waals surface area contributed by atoms with Crippen LogP contribution in [0.1, 0.15) is 13.3 Å². The molecule has 0 aliphatic carbocycles. The van der Waals surface area contributed by atoms with Gasteiger partial charge in [0.25, 0.3) is 0 Å². The Labute approximate surface area is 101 Å². The molecule has 1 aliphatic rings. The molecule has 0 saturated carbocycles. The Morgan fingerprint density at radius 1 is 1.53 bits per heavy atom. The zero-order valence-electron chi connectivity index (χ0n) is 10.1. The summed E-state index contributed by atoms with van der Waals surface area (Å²) < 4.78 is 18.8. The highest BCUT2D eigenvalue weighted by Crippen LogP contribution is 2.15. The van der Waals surface area contributed by atoms with E-state index in [1.807, 2.05) is 6.07 Å². The number of benzene rings is 1. The number of rotatable bonds is 4. The van der Waals surface area contributed by atoms with Crippen molar-refractivity contribution in [3.63, 3.8) is 0 Å². The quantitative estimate of drug-likeness (QED) is 0.841. The smallest absolute Gasteiger partial charge is 0.146 e. The molecule has 2 atom stereocenters. The fraction of sp³-hybridized carbons (Fsp3) is 0.538. The molecule has 0 aromatic heterocycles. The number of hydrogen-bond donors (Lipinski definition) is 2. The maximum atomic E-state index is 13.4. The van der Waals surface area contributed by atoms with Crippen LogP contribution in [0.15, 0.2) is 24.3 Å². The molecule has 94 valence electrons. The van der Waals surface area contributed by atoms with Gasteiger partial charge < -0.3 is 15.4 Å². The Kier molecular flexibility index (Phi) is 4.34. The summed E-state index contributed by atoms with van der Waals surface area (Å²) in [5, 5.41) is 6.58. The summed E-state index contributed by atoms with van der Waals surface area (Å²) in [5.74, 6) is -0.202. The highest BCUT2D eigenvalue weighted by molar-refractivity contribution is 5.45. The third-order valence-corrected chi connectivity index (χ3v) is 2.91. The number of morpholine rings is 1.